The van der Waals surface area contributed by atoms with E-state index in [4.69, 9.17) is 27.9 Å². The molecule has 3 rings (SSSR count). The monoisotopic (exact) mass is 377 g/mol. The maximum Gasteiger partial charge on any atom is 0.0835 e. The van der Waals surface area contributed by atoms with Gasteiger partial charge in [-0.3, -0.25) is 0 Å². The maximum absolute atomic E-state index is 6.28. The second-order valence-electron chi connectivity index (χ2n) is 5.77. The first-order valence-corrected chi connectivity index (χ1v) is 8.70. The largest absolute Gasteiger partial charge is 0.381 e. The Hall–Kier alpha value is 0.0400. The molecule has 1 aliphatic carbocycles. The zero-order valence-electron chi connectivity index (χ0n) is 11.2. The molecule has 0 bridgehead atoms. The highest BCUT2D eigenvalue weighted by molar-refractivity contribution is 9.10. The molecule has 1 N–H and O–H groups in total. The van der Waals surface area contributed by atoms with E-state index in [0.717, 1.165) is 23.1 Å². The molecule has 1 saturated carbocycles. The van der Waals surface area contributed by atoms with Gasteiger partial charge in [0.1, 0.15) is 0 Å². The average molecular weight is 379 g/mol. The SMILES string of the molecule is Clc1c(Br)ccc(NCC2CCC3(CCCC3)O2)c1Cl. The summed E-state index contributed by atoms with van der Waals surface area (Å²) in [4.78, 5) is 0. The Bertz CT molecular complexity index is 503. The predicted octanol–water partition coefficient (Wildman–Crippen LogP) is 5.66. The second-order valence-corrected chi connectivity index (χ2v) is 7.38. The summed E-state index contributed by atoms with van der Waals surface area (Å²) < 4.78 is 7.09. The molecule has 2 aliphatic rings. The number of rotatable bonds is 3. The number of anilines is 1. The minimum Gasteiger partial charge on any atom is -0.381 e. The van der Waals surface area contributed by atoms with Gasteiger partial charge in [0.25, 0.3) is 0 Å². The standard InChI is InChI=1S/C15H18BrCl2NO/c16-11-3-4-12(14(18)13(11)17)19-9-10-5-8-15(20-10)6-1-2-7-15/h3-4,10,19H,1-2,5-9H2. The van der Waals surface area contributed by atoms with Gasteiger partial charge in [0.15, 0.2) is 0 Å². The van der Waals surface area contributed by atoms with E-state index >= 15 is 0 Å². The molecule has 2 nitrogen and oxygen atoms in total. The van der Waals surface area contributed by atoms with Crippen LogP contribution in [0.3, 0.4) is 0 Å². The molecule has 1 spiro atoms. The number of nitrogens with one attached hydrogen (secondary N) is 1. The topological polar surface area (TPSA) is 21.3 Å². The van der Waals surface area contributed by atoms with Crippen LogP contribution in [0.5, 0.6) is 0 Å². The fraction of sp³-hybridized carbons (Fsp3) is 0.600. The highest BCUT2D eigenvalue weighted by Crippen LogP contribution is 2.43. The van der Waals surface area contributed by atoms with Crippen LogP contribution in [0.4, 0.5) is 5.69 Å². The first kappa shape index (κ1) is 15.0. The van der Waals surface area contributed by atoms with Crippen molar-refractivity contribution >= 4 is 44.8 Å². The van der Waals surface area contributed by atoms with Crippen molar-refractivity contribution in [2.45, 2.75) is 50.2 Å². The van der Waals surface area contributed by atoms with E-state index in [1.165, 1.54) is 32.1 Å². The Labute approximate surface area is 138 Å². The van der Waals surface area contributed by atoms with Crippen LogP contribution in [-0.4, -0.2) is 18.2 Å². The van der Waals surface area contributed by atoms with Crippen LogP contribution in [0.1, 0.15) is 38.5 Å². The Balaban J connectivity index is 1.59. The van der Waals surface area contributed by atoms with Crippen molar-refractivity contribution in [1.29, 1.82) is 0 Å². The molecule has 20 heavy (non-hydrogen) atoms. The molecule has 5 heteroatoms. The van der Waals surface area contributed by atoms with Gasteiger partial charge < -0.3 is 10.1 Å². The molecule has 1 unspecified atom stereocenters. The van der Waals surface area contributed by atoms with E-state index in [1.807, 2.05) is 12.1 Å². The minimum atomic E-state index is 0.188. The lowest BCUT2D eigenvalue weighted by Gasteiger charge is -2.24. The summed E-state index contributed by atoms with van der Waals surface area (Å²) in [6.07, 6.45) is 7.71. The molecule has 0 radical (unpaired) electrons. The van der Waals surface area contributed by atoms with E-state index in [-0.39, 0.29) is 11.7 Å². The molecule has 1 aliphatic heterocycles. The highest BCUT2D eigenvalue weighted by Gasteiger charge is 2.41. The second kappa shape index (κ2) is 6.04. The summed E-state index contributed by atoms with van der Waals surface area (Å²) in [7, 11) is 0. The van der Waals surface area contributed by atoms with Crippen molar-refractivity contribution < 1.29 is 4.74 Å². The maximum atomic E-state index is 6.28. The first-order chi connectivity index (χ1) is 9.60. The predicted molar refractivity (Wildman–Crippen MR) is 88.0 cm³/mol. The molecule has 1 aromatic rings. The van der Waals surface area contributed by atoms with Gasteiger partial charge in [0.05, 0.1) is 27.4 Å². The number of ether oxygens (including phenoxy) is 1. The van der Waals surface area contributed by atoms with E-state index in [1.54, 1.807) is 0 Å². The summed E-state index contributed by atoms with van der Waals surface area (Å²) in [6, 6.07) is 3.85. The van der Waals surface area contributed by atoms with Gasteiger partial charge in [-0.1, -0.05) is 36.0 Å². The lowest BCUT2D eigenvalue weighted by Crippen LogP contribution is -2.27. The lowest BCUT2D eigenvalue weighted by molar-refractivity contribution is -0.0307. The Kier molecular flexibility index (Phi) is 4.51. The molecule has 0 amide bonds. The van der Waals surface area contributed by atoms with Crippen molar-refractivity contribution in [3.8, 4) is 0 Å². The Morgan fingerprint density at radius 3 is 2.70 bits per heavy atom. The van der Waals surface area contributed by atoms with Gasteiger partial charge in [-0.15, -0.1) is 0 Å². The normalized spacial score (nSPS) is 24.4. The molecule has 2 fully saturated rings. The summed E-state index contributed by atoms with van der Waals surface area (Å²) in [5.41, 5.74) is 1.06. The summed E-state index contributed by atoms with van der Waals surface area (Å²) in [5.74, 6) is 0. The van der Waals surface area contributed by atoms with Crippen molar-refractivity contribution in [1.82, 2.24) is 0 Å². The summed E-state index contributed by atoms with van der Waals surface area (Å²) in [6.45, 7) is 0.791. The van der Waals surface area contributed by atoms with E-state index in [9.17, 15) is 0 Å². The average Bonchev–Trinajstić information content (AvgIpc) is 3.06. The van der Waals surface area contributed by atoms with Gasteiger partial charge in [-0.05, 0) is 53.7 Å². The third kappa shape index (κ3) is 2.96. The molecule has 0 aromatic heterocycles. The quantitative estimate of drug-likeness (QED) is 0.685. The van der Waals surface area contributed by atoms with Crippen LogP contribution >= 0.6 is 39.1 Å². The zero-order valence-corrected chi connectivity index (χ0v) is 14.3. The van der Waals surface area contributed by atoms with Gasteiger partial charge in [-0.2, -0.15) is 0 Å². The van der Waals surface area contributed by atoms with Gasteiger partial charge in [-0.25, -0.2) is 0 Å². The lowest BCUT2D eigenvalue weighted by atomic mass is 9.98. The van der Waals surface area contributed by atoms with Crippen molar-refractivity contribution in [3.05, 3.63) is 26.7 Å². The molecule has 1 atom stereocenters. The fourth-order valence-corrected chi connectivity index (χ4v) is 4.15. The highest BCUT2D eigenvalue weighted by atomic mass is 79.9. The van der Waals surface area contributed by atoms with Crippen molar-refractivity contribution in [2.24, 2.45) is 0 Å². The Morgan fingerprint density at radius 2 is 1.95 bits per heavy atom. The molecular weight excluding hydrogens is 361 g/mol. The minimum absolute atomic E-state index is 0.188. The summed E-state index contributed by atoms with van der Waals surface area (Å²) >= 11 is 15.7. The molecule has 110 valence electrons. The fourth-order valence-electron chi connectivity index (χ4n) is 3.31. The van der Waals surface area contributed by atoms with Crippen molar-refractivity contribution in [3.63, 3.8) is 0 Å². The molecule has 1 aromatic carbocycles. The van der Waals surface area contributed by atoms with Crippen LogP contribution in [-0.2, 0) is 4.74 Å². The third-order valence-corrected chi connectivity index (χ3v) is 6.18. The van der Waals surface area contributed by atoms with Gasteiger partial charge >= 0.3 is 0 Å². The van der Waals surface area contributed by atoms with Gasteiger partial charge in [0, 0.05) is 11.0 Å². The van der Waals surface area contributed by atoms with Crippen LogP contribution in [0.15, 0.2) is 16.6 Å². The first-order valence-electron chi connectivity index (χ1n) is 7.15. The van der Waals surface area contributed by atoms with Crippen LogP contribution < -0.4 is 5.32 Å². The van der Waals surface area contributed by atoms with Gasteiger partial charge in [0.2, 0.25) is 0 Å². The van der Waals surface area contributed by atoms with Crippen molar-refractivity contribution in [2.75, 3.05) is 11.9 Å². The van der Waals surface area contributed by atoms with Crippen LogP contribution in [0.25, 0.3) is 0 Å². The number of halogens is 3. The van der Waals surface area contributed by atoms with E-state index < -0.39 is 0 Å². The number of benzene rings is 1. The van der Waals surface area contributed by atoms with Crippen LogP contribution in [0.2, 0.25) is 10.0 Å². The zero-order chi connectivity index (χ0) is 14.2. The number of hydrogen-bond acceptors (Lipinski definition) is 2. The summed E-state index contributed by atoms with van der Waals surface area (Å²) in [5, 5.41) is 4.48. The Morgan fingerprint density at radius 1 is 1.20 bits per heavy atom. The molecule has 1 saturated heterocycles. The molecule has 1 heterocycles. The van der Waals surface area contributed by atoms with E-state index in [2.05, 4.69) is 21.2 Å². The smallest absolute Gasteiger partial charge is 0.0835 e. The van der Waals surface area contributed by atoms with E-state index in [0.29, 0.717) is 10.0 Å². The molecular formula is C15H18BrCl2NO. The van der Waals surface area contributed by atoms with Crippen LogP contribution in [0, 0.1) is 0 Å². The third-order valence-electron chi connectivity index (χ3n) is 4.41. The number of hydrogen-bond donors (Lipinski definition) is 1.